The van der Waals surface area contributed by atoms with Crippen molar-refractivity contribution in [2.75, 3.05) is 0 Å². The Morgan fingerprint density at radius 3 is 2.00 bits per heavy atom. The van der Waals surface area contributed by atoms with Crippen molar-refractivity contribution in [3.05, 3.63) is 11.8 Å². The molecule has 0 saturated heterocycles. The van der Waals surface area contributed by atoms with Gasteiger partial charge in [-0.15, -0.1) is 10.2 Å². The van der Waals surface area contributed by atoms with Crippen LogP contribution < -0.4 is 0 Å². The van der Waals surface area contributed by atoms with Crippen LogP contribution in [0.3, 0.4) is 0 Å². The maximum Gasteiger partial charge on any atom is 0.470 e. The van der Waals surface area contributed by atoms with Crippen LogP contribution in [-0.4, -0.2) is 10.2 Å². The molecule has 1 rings (SSSR count). The third-order valence-electron chi connectivity index (χ3n) is 3.59. The fourth-order valence-corrected chi connectivity index (χ4v) is 2.36. The Morgan fingerprint density at radius 2 is 1.48 bits per heavy atom. The molecule has 1 unspecified atom stereocenters. The SMILES string of the molecule is CCCCCCC(CCCCC)c1nnc(C(F)(F)F)o1. The van der Waals surface area contributed by atoms with Gasteiger partial charge in [0.2, 0.25) is 5.89 Å². The highest BCUT2D eigenvalue weighted by atomic mass is 19.4. The van der Waals surface area contributed by atoms with Crippen molar-refractivity contribution in [1.29, 1.82) is 0 Å². The van der Waals surface area contributed by atoms with E-state index in [9.17, 15) is 13.2 Å². The van der Waals surface area contributed by atoms with Gasteiger partial charge in [-0.1, -0.05) is 58.8 Å². The Bertz CT molecular complexity index is 391. The third-order valence-corrected chi connectivity index (χ3v) is 3.59. The molecule has 1 atom stereocenters. The first-order valence-corrected chi connectivity index (χ1v) is 7.89. The second kappa shape index (κ2) is 9.05. The summed E-state index contributed by atoms with van der Waals surface area (Å²) in [6.07, 6.45) is 4.61. The molecule has 0 aliphatic heterocycles. The van der Waals surface area contributed by atoms with Crippen molar-refractivity contribution < 1.29 is 17.6 Å². The van der Waals surface area contributed by atoms with E-state index in [1.54, 1.807) is 0 Å². The van der Waals surface area contributed by atoms with Gasteiger partial charge in [-0.2, -0.15) is 13.2 Å². The van der Waals surface area contributed by atoms with Crippen LogP contribution in [0.4, 0.5) is 13.2 Å². The van der Waals surface area contributed by atoms with Gasteiger partial charge in [0.15, 0.2) is 0 Å². The molecule has 0 aliphatic rings. The first kappa shape index (κ1) is 18.0. The van der Waals surface area contributed by atoms with Gasteiger partial charge in [-0.05, 0) is 12.8 Å². The molecular weight excluding hydrogens is 281 g/mol. The molecule has 0 saturated carbocycles. The van der Waals surface area contributed by atoms with Crippen LogP contribution in [0.1, 0.15) is 89.3 Å². The summed E-state index contributed by atoms with van der Waals surface area (Å²) in [4.78, 5) is 0. The Hall–Kier alpha value is -1.07. The van der Waals surface area contributed by atoms with Gasteiger partial charge in [0, 0.05) is 5.92 Å². The van der Waals surface area contributed by atoms with Gasteiger partial charge in [0.25, 0.3) is 0 Å². The van der Waals surface area contributed by atoms with Gasteiger partial charge in [0.05, 0.1) is 0 Å². The zero-order valence-electron chi connectivity index (χ0n) is 12.9. The minimum atomic E-state index is -4.55. The average molecular weight is 306 g/mol. The number of halogens is 3. The van der Waals surface area contributed by atoms with Crippen molar-refractivity contribution in [2.45, 2.75) is 83.7 Å². The summed E-state index contributed by atoms with van der Waals surface area (Å²) in [5.74, 6) is -1.13. The quantitative estimate of drug-likeness (QED) is 0.519. The van der Waals surface area contributed by atoms with Crippen LogP contribution in [0.5, 0.6) is 0 Å². The lowest BCUT2D eigenvalue weighted by molar-refractivity contribution is -0.157. The first-order chi connectivity index (χ1) is 9.99. The predicted molar refractivity (Wildman–Crippen MR) is 74.9 cm³/mol. The lowest BCUT2D eigenvalue weighted by Crippen LogP contribution is -2.05. The molecule has 3 nitrogen and oxygen atoms in total. The monoisotopic (exact) mass is 306 g/mol. The van der Waals surface area contributed by atoms with Crippen LogP contribution in [0.2, 0.25) is 0 Å². The maximum atomic E-state index is 12.5. The fraction of sp³-hybridized carbons (Fsp3) is 0.867. The van der Waals surface area contributed by atoms with Gasteiger partial charge >= 0.3 is 12.1 Å². The highest BCUT2D eigenvalue weighted by Crippen LogP contribution is 2.32. The molecule has 0 amide bonds. The van der Waals surface area contributed by atoms with Gasteiger partial charge < -0.3 is 4.42 Å². The summed E-state index contributed by atoms with van der Waals surface area (Å²) in [5, 5.41) is 6.76. The normalized spacial score (nSPS) is 13.6. The predicted octanol–water partition coefficient (Wildman–Crippen LogP) is 5.72. The summed E-state index contributed by atoms with van der Waals surface area (Å²) in [6.45, 7) is 4.23. The Morgan fingerprint density at radius 1 is 0.905 bits per heavy atom. The fourth-order valence-electron chi connectivity index (χ4n) is 2.36. The van der Waals surface area contributed by atoms with Crippen LogP contribution in [0.25, 0.3) is 0 Å². The van der Waals surface area contributed by atoms with Crippen LogP contribution in [0.15, 0.2) is 4.42 Å². The van der Waals surface area contributed by atoms with E-state index in [1.807, 2.05) is 0 Å². The molecule has 21 heavy (non-hydrogen) atoms. The number of hydrogen-bond acceptors (Lipinski definition) is 3. The largest absolute Gasteiger partial charge is 0.470 e. The zero-order chi connectivity index (χ0) is 15.7. The second-order valence-electron chi connectivity index (χ2n) is 5.49. The van der Waals surface area contributed by atoms with E-state index in [0.29, 0.717) is 0 Å². The molecule has 122 valence electrons. The van der Waals surface area contributed by atoms with E-state index in [0.717, 1.165) is 57.8 Å². The number of alkyl halides is 3. The standard InChI is InChI=1S/C15H25F3N2O/c1-3-5-7-9-11-12(10-8-6-4-2)13-19-20-14(21-13)15(16,17)18/h12H,3-11H2,1-2H3. The van der Waals surface area contributed by atoms with E-state index in [4.69, 9.17) is 4.42 Å². The molecule has 0 radical (unpaired) electrons. The minimum Gasteiger partial charge on any atom is -0.417 e. The van der Waals surface area contributed by atoms with Gasteiger partial charge in [-0.25, -0.2) is 0 Å². The van der Waals surface area contributed by atoms with E-state index in [1.165, 1.54) is 0 Å². The van der Waals surface area contributed by atoms with Crippen molar-refractivity contribution in [3.63, 3.8) is 0 Å². The van der Waals surface area contributed by atoms with Crippen molar-refractivity contribution in [1.82, 2.24) is 10.2 Å². The van der Waals surface area contributed by atoms with Crippen LogP contribution >= 0.6 is 0 Å². The molecule has 0 aliphatic carbocycles. The van der Waals surface area contributed by atoms with E-state index in [-0.39, 0.29) is 11.8 Å². The average Bonchev–Trinajstić information content (AvgIpc) is 2.91. The zero-order valence-corrected chi connectivity index (χ0v) is 12.9. The lowest BCUT2D eigenvalue weighted by atomic mass is 9.95. The smallest absolute Gasteiger partial charge is 0.417 e. The van der Waals surface area contributed by atoms with Crippen molar-refractivity contribution >= 4 is 0 Å². The maximum absolute atomic E-state index is 12.5. The number of rotatable bonds is 10. The Kier molecular flexibility index (Phi) is 7.75. The molecule has 1 heterocycles. The second-order valence-corrected chi connectivity index (χ2v) is 5.49. The van der Waals surface area contributed by atoms with Crippen LogP contribution in [0, 0.1) is 0 Å². The Balaban J connectivity index is 2.63. The van der Waals surface area contributed by atoms with E-state index in [2.05, 4.69) is 24.0 Å². The molecule has 0 aromatic carbocycles. The molecule has 1 aromatic rings. The third kappa shape index (κ3) is 6.48. The lowest BCUT2D eigenvalue weighted by Gasteiger charge is -2.12. The topological polar surface area (TPSA) is 38.9 Å². The summed E-state index contributed by atoms with van der Waals surface area (Å²) >= 11 is 0. The minimum absolute atomic E-state index is 0.0444. The highest BCUT2D eigenvalue weighted by Gasteiger charge is 2.38. The van der Waals surface area contributed by atoms with E-state index < -0.39 is 12.1 Å². The number of unbranched alkanes of at least 4 members (excludes halogenated alkanes) is 5. The molecular formula is C15H25F3N2O. The summed E-state index contributed by atoms with van der Waals surface area (Å²) < 4.78 is 42.4. The summed E-state index contributed by atoms with van der Waals surface area (Å²) in [6, 6.07) is 0. The van der Waals surface area contributed by atoms with Crippen molar-refractivity contribution in [2.24, 2.45) is 0 Å². The molecule has 0 fully saturated rings. The summed E-state index contributed by atoms with van der Waals surface area (Å²) in [5.41, 5.74) is 0. The van der Waals surface area contributed by atoms with Gasteiger partial charge in [-0.3, -0.25) is 0 Å². The Labute approximate surface area is 124 Å². The molecule has 0 spiro atoms. The molecule has 0 bridgehead atoms. The van der Waals surface area contributed by atoms with Crippen LogP contribution in [-0.2, 0) is 6.18 Å². The molecule has 0 N–H and O–H groups in total. The van der Waals surface area contributed by atoms with Gasteiger partial charge in [0.1, 0.15) is 0 Å². The first-order valence-electron chi connectivity index (χ1n) is 7.89. The van der Waals surface area contributed by atoms with Crippen molar-refractivity contribution in [3.8, 4) is 0 Å². The number of nitrogens with zero attached hydrogens (tertiary/aromatic N) is 2. The number of hydrogen-bond donors (Lipinski definition) is 0. The summed E-state index contributed by atoms with van der Waals surface area (Å²) in [7, 11) is 0. The molecule has 6 heteroatoms. The number of aromatic nitrogens is 2. The molecule has 1 aromatic heterocycles. The highest BCUT2D eigenvalue weighted by molar-refractivity contribution is 4.93. The van der Waals surface area contributed by atoms with E-state index >= 15 is 0 Å².